The van der Waals surface area contributed by atoms with Crippen LogP contribution in [0.5, 0.6) is 5.88 Å². The molecule has 0 fully saturated rings. The summed E-state index contributed by atoms with van der Waals surface area (Å²) in [6.45, 7) is 17.9. The van der Waals surface area contributed by atoms with Gasteiger partial charge in [-0.05, 0) is 60.6 Å². The van der Waals surface area contributed by atoms with Gasteiger partial charge in [0.25, 0.3) is 10.1 Å². The van der Waals surface area contributed by atoms with Crippen molar-refractivity contribution in [2.45, 2.75) is 72.3 Å². The van der Waals surface area contributed by atoms with Crippen molar-refractivity contribution in [2.75, 3.05) is 32.6 Å². The maximum atomic E-state index is 11.3. The van der Waals surface area contributed by atoms with Crippen molar-refractivity contribution >= 4 is 41.0 Å². The van der Waals surface area contributed by atoms with Gasteiger partial charge in [-0.1, -0.05) is 34.1 Å². The normalized spacial score (nSPS) is 14.3. The highest BCUT2D eigenvalue weighted by Crippen LogP contribution is 2.36. The Balaban J connectivity index is 2.95. The second-order valence-corrected chi connectivity index (χ2v) is 16.9. The van der Waals surface area contributed by atoms with Gasteiger partial charge in [-0.25, -0.2) is 0 Å². The van der Waals surface area contributed by atoms with E-state index in [1.54, 1.807) is 0 Å². The van der Waals surface area contributed by atoms with Gasteiger partial charge >= 0.3 is 0 Å². The number of ether oxygens (including phenoxy) is 1. The molecule has 31 heavy (non-hydrogen) atoms. The van der Waals surface area contributed by atoms with Crippen LogP contribution in [0, 0.1) is 9.49 Å². The van der Waals surface area contributed by atoms with Gasteiger partial charge in [0.1, 0.15) is 0 Å². The molecule has 0 aromatic carbocycles. The van der Waals surface area contributed by atoms with Crippen molar-refractivity contribution in [2.24, 2.45) is 5.92 Å². The van der Waals surface area contributed by atoms with Crippen LogP contribution in [0.3, 0.4) is 0 Å². The molecular formula is C20H40IN3O5SSi. The first-order valence-corrected chi connectivity index (χ1v) is 16.4. The van der Waals surface area contributed by atoms with E-state index in [1.807, 2.05) is 25.6 Å². The first-order valence-electron chi connectivity index (χ1n) is 10.8. The fourth-order valence-electron chi connectivity index (χ4n) is 2.98. The van der Waals surface area contributed by atoms with E-state index in [2.05, 4.69) is 66.5 Å². The minimum absolute atomic E-state index is 0.137. The van der Waals surface area contributed by atoms with E-state index in [1.165, 1.54) is 0 Å². The number of rotatable bonds is 13. The fraction of sp³-hybridized carbons (Fsp3) is 0.850. The average Bonchev–Trinajstić information content (AvgIpc) is 2.88. The zero-order chi connectivity index (χ0) is 24.0. The topological polar surface area (TPSA) is 93.9 Å². The number of aromatic nitrogens is 2. The van der Waals surface area contributed by atoms with E-state index >= 15 is 0 Å². The summed E-state index contributed by atoms with van der Waals surface area (Å²) in [4.78, 5) is 2.07. The third-order valence-corrected chi connectivity index (χ3v) is 12.3. The van der Waals surface area contributed by atoms with Crippen LogP contribution in [0.1, 0.15) is 46.7 Å². The van der Waals surface area contributed by atoms with Crippen molar-refractivity contribution in [1.29, 1.82) is 0 Å². The van der Waals surface area contributed by atoms with Crippen LogP contribution in [-0.2, 0) is 27.6 Å². The maximum Gasteiger partial charge on any atom is 0.265 e. The van der Waals surface area contributed by atoms with Gasteiger partial charge in [0, 0.05) is 13.1 Å². The predicted molar refractivity (Wildman–Crippen MR) is 136 cm³/mol. The van der Waals surface area contributed by atoms with E-state index in [0.29, 0.717) is 45.1 Å². The molecule has 0 radical (unpaired) electrons. The zero-order valence-corrected chi connectivity index (χ0v) is 24.2. The lowest BCUT2D eigenvalue weighted by Crippen LogP contribution is -2.41. The van der Waals surface area contributed by atoms with Crippen molar-refractivity contribution in [3.05, 3.63) is 9.26 Å². The molecule has 1 heterocycles. The molecule has 0 aliphatic heterocycles. The Labute approximate surface area is 203 Å². The maximum absolute atomic E-state index is 11.3. The summed E-state index contributed by atoms with van der Waals surface area (Å²) in [7, 11) is -3.88. The lowest BCUT2D eigenvalue weighted by atomic mass is 10.1. The molecule has 0 unspecified atom stereocenters. The molecule has 182 valence electrons. The molecule has 0 saturated carbocycles. The lowest BCUT2D eigenvalue weighted by Gasteiger charge is -2.36. The standard InChI is InChI=1S/C20H40IN3O5SSi/c1-9-16(15-30(25,26)27)13-23(6)14-17-18(21)19(28-10-2)22-24(17)11-12-29-31(7,8)20(3,4)5/h16H,9-15H2,1-8H3,(H,25,26,27)/t16-/m1/s1. The van der Waals surface area contributed by atoms with Crippen molar-refractivity contribution in [3.8, 4) is 5.88 Å². The van der Waals surface area contributed by atoms with Crippen LogP contribution in [-0.4, -0.2) is 68.5 Å². The number of halogens is 1. The third kappa shape index (κ3) is 9.28. The largest absolute Gasteiger partial charge is 0.476 e. The molecule has 0 spiro atoms. The smallest absolute Gasteiger partial charge is 0.265 e. The van der Waals surface area contributed by atoms with E-state index < -0.39 is 18.4 Å². The third-order valence-electron chi connectivity index (χ3n) is 5.83. The Morgan fingerprint density at radius 2 is 1.90 bits per heavy atom. The van der Waals surface area contributed by atoms with Crippen molar-refractivity contribution in [1.82, 2.24) is 14.7 Å². The second kappa shape index (κ2) is 11.8. The van der Waals surface area contributed by atoms with Gasteiger partial charge in [-0.15, -0.1) is 5.10 Å². The summed E-state index contributed by atoms with van der Waals surface area (Å²) in [5, 5.41) is 4.80. The van der Waals surface area contributed by atoms with Gasteiger partial charge in [-0.2, -0.15) is 8.42 Å². The average molecular weight is 590 g/mol. The van der Waals surface area contributed by atoms with E-state index in [4.69, 9.17) is 9.16 Å². The summed E-state index contributed by atoms with van der Waals surface area (Å²) >= 11 is 2.26. The molecule has 1 N–H and O–H groups in total. The second-order valence-electron chi connectivity index (χ2n) is 9.55. The van der Waals surface area contributed by atoms with E-state index in [9.17, 15) is 13.0 Å². The molecule has 8 nitrogen and oxygen atoms in total. The summed E-state index contributed by atoms with van der Waals surface area (Å²) in [5.41, 5.74) is 1.02. The predicted octanol–water partition coefficient (Wildman–Crippen LogP) is 4.25. The Hall–Kier alpha value is -0.213. The Morgan fingerprint density at radius 1 is 1.29 bits per heavy atom. The van der Waals surface area contributed by atoms with Crippen LogP contribution >= 0.6 is 22.6 Å². The van der Waals surface area contributed by atoms with Gasteiger partial charge in [-0.3, -0.25) is 9.23 Å². The summed E-state index contributed by atoms with van der Waals surface area (Å²) in [6.07, 6.45) is 0.672. The lowest BCUT2D eigenvalue weighted by molar-refractivity contribution is 0.245. The van der Waals surface area contributed by atoms with Gasteiger partial charge in [0.15, 0.2) is 8.32 Å². The number of hydrogen-bond donors (Lipinski definition) is 1. The monoisotopic (exact) mass is 589 g/mol. The van der Waals surface area contributed by atoms with Crippen LogP contribution in [0.4, 0.5) is 0 Å². The molecule has 0 saturated heterocycles. The SMILES string of the molecule is CCOc1nn(CCO[Si](C)(C)C(C)(C)C)c(CN(C)C[C@@H](CC)CS(=O)(=O)O)c1I. The Morgan fingerprint density at radius 3 is 2.39 bits per heavy atom. The van der Waals surface area contributed by atoms with Gasteiger partial charge < -0.3 is 14.1 Å². The van der Waals surface area contributed by atoms with Crippen molar-refractivity contribution in [3.63, 3.8) is 0 Å². The molecule has 1 atom stereocenters. The molecule has 1 aromatic heterocycles. The highest BCUT2D eigenvalue weighted by Gasteiger charge is 2.37. The molecule has 1 aromatic rings. The van der Waals surface area contributed by atoms with E-state index in [-0.39, 0.29) is 16.7 Å². The van der Waals surface area contributed by atoms with Gasteiger partial charge in [0.05, 0.1) is 34.8 Å². The fourth-order valence-corrected chi connectivity index (χ4v) is 5.66. The highest BCUT2D eigenvalue weighted by atomic mass is 127. The molecule has 0 amide bonds. The van der Waals surface area contributed by atoms with Gasteiger partial charge in [0.2, 0.25) is 5.88 Å². The Bertz CT molecular complexity index is 808. The number of hydrogen-bond acceptors (Lipinski definition) is 6. The first kappa shape index (κ1) is 28.8. The molecule has 11 heteroatoms. The summed E-state index contributed by atoms with van der Waals surface area (Å²) in [6, 6.07) is 0. The molecule has 0 bridgehead atoms. The molecule has 0 aliphatic carbocycles. The van der Waals surface area contributed by atoms with Crippen LogP contribution in [0.2, 0.25) is 18.1 Å². The van der Waals surface area contributed by atoms with Crippen LogP contribution < -0.4 is 4.74 Å². The zero-order valence-electron chi connectivity index (χ0n) is 20.2. The molecular weight excluding hydrogens is 549 g/mol. The summed E-state index contributed by atoms with van der Waals surface area (Å²) < 4.78 is 46.7. The highest BCUT2D eigenvalue weighted by molar-refractivity contribution is 14.1. The molecule has 1 rings (SSSR count). The minimum Gasteiger partial charge on any atom is -0.476 e. The number of nitrogens with zero attached hydrogens (tertiary/aromatic N) is 3. The van der Waals surface area contributed by atoms with Crippen molar-refractivity contribution < 1.29 is 22.1 Å². The summed E-state index contributed by atoms with van der Waals surface area (Å²) in [5.74, 6) is 0.250. The minimum atomic E-state index is -3.99. The molecule has 0 aliphatic rings. The Kier molecular flexibility index (Phi) is 10.9. The first-order chi connectivity index (χ1) is 14.1. The van der Waals surface area contributed by atoms with E-state index in [0.717, 1.165) is 9.26 Å². The van der Waals surface area contributed by atoms with Crippen LogP contribution in [0.15, 0.2) is 0 Å². The van der Waals surface area contributed by atoms with Crippen LogP contribution in [0.25, 0.3) is 0 Å². The quantitative estimate of drug-likeness (QED) is 0.209.